The van der Waals surface area contributed by atoms with E-state index in [1.807, 2.05) is 25.5 Å². The molecular formula is C19H18N6O3S. The zero-order valence-corrected chi connectivity index (χ0v) is 16.6. The van der Waals surface area contributed by atoms with Crippen LogP contribution in [0.1, 0.15) is 12.1 Å². The molecule has 1 aromatic carbocycles. The highest BCUT2D eigenvalue weighted by Crippen LogP contribution is 2.27. The van der Waals surface area contributed by atoms with Crippen molar-refractivity contribution in [3.8, 4) is 11.3 Å². The molecule has 0 spiro atoms. The maximum absolute atomic E-state index is 12.6. The van der Waals surface area contributed by atoms with Crippen LogP contribution in [0.2, 0.25) is 0 Å². The highest BCUT2D eigenvalue weighted by atomic mass is 32.1. The Balaban J connectivity index is 1.41. The maximum atomic E-state index is 12.6. The van der Waals surface area contributed by atoms with Crippen LogP contribution in [0.15, 0.2) is 41.9 Å². The summed E-state index contributed by atoms with van der Waals surface area (Å²) in [6, 6.07) is 7.14. The van der Waals surface area contributed by atoms with Gasteiger partial charge in [-0.05, 0) is 19.1 Å². The molecule has 10 heteroatoms. The number of carbonyl (C=O) groups is 3. The van der Waals surface area contributed by atoms with Gasteiger partial charge in [0.05, 0.1) is 23.5 Å². The number of thiazole rings is 1. The van der Waals surface area contributed by atoms with E-state index in [4.69, 9.17) is 0 Å². The number of anilines is 2. The Labute approximate surface area is 170 Å². The number of aromatic nitrogens is 3. The predicted octanol–water partition coefficient (Wildman–Crippen LogP) is 2.31. The molecule has 2 aromatic heterocycles. The quantitative estimate of drug-likeness (QED) is 0.628. The highest BCUT2D eigenvalue weighted by Gasteiger charge is 2.40. The average Bonchev–Trinajstić information content (AvgIpc) is 3.34. The minimum absolute atomic E-state index is 0.172. The first kappa shape index (κ1) is 18.8. The van der Waals surface area contributed by atoms with E-state index in [0.29, 0.717) is 10.8 Å². The molecule has 1 atom stereocenters. The summed E-state index contributed by atoms with van der Waals surface area (Å²) in [6.45, 7) is 1.89. The number of para-hydroxylation sites is 1. The van der Waals surface area contributed by atoms with Crippen LogP contribution >= 0.6 is 11.3 Å². The second-order valence-electron chi connectivity index (χ2n) is 6.60. The van der Waals surface area contributed by atoms with Crippen LogP contribution in [-0.4, -0.2) is 38.7 Å². The van der Waals surface area contributed by atoms with Gasteiger partial charge in [0.1, 0.15) is 6.04 Å². The number of nitrogens with zero attached hydrogens (tertiary/aromatic N) is 4. The van der Waals surface area contributed by atoms with E-state index in [-0.39, 0.29) is 6.42 Å². The van der Waals surface area contributed by atoms with Gasteiger partial charge in [-0.1, -0.05) is 18.2 Å². The number of amides is 4. The average molecular weight is 410 g/mol. The van der Waals surface area contributed by atoms with E-state index >= 15 is 0 Å². The van der Waals surface area contributed by atoms with Gasteiger partial charge in [-0.2, -0.15) is 5.10 Å². The molecule has 1 fully saturated rings. The second kappa shape index (κ2) is 7.47. The Morgan fingerprint density at radius 1 is 1.28 bits per heavy atom. The fraction of sp³-hybridized carbons (Fsp3) is 0.211. The molecule has 1 aliphatic heterocycles. The van der Waals surface area contributed by atoms with Crippen LogP contribution in [0.4, 0.5) is 15.6 Å². The number of nitrogens with one attached hydrogen (secondary N) is 2. The predicted molar refractivity (Wildman–Crippen MR) is 109 cm³/mol. The van der Waals surface area contributed by atoms with Crippen molar-refractivity contribution in [3.05, 3.63) is 47.6 Å². The lowest BCUT2D eigenvalue weighted by atomic mass is 10.2. The van der Waals surface area contributed by atoms with Crippen LogP contribution in [0.25, 0.3) is 11.3 Å². The summed E-state index contributed by atoms with van der Waals surface area (Å²) in [4.78, 5) is 42.6. The Morgan fingerprint density at radius 3 is 2.72 bits per heavy atom. The molecule has 0 bridgehead atoms. The number of imide groups is 1. The first-order valence-corrected chi connectivity index (χ1v) is 9.76. The van der Waals surface area contributed by atoms with E-state index in [1.165, 1.54) is 11.3 Å². The molecule has 9 nitrogen and oxygen atoms in total. The Kier molecular flexibility index (Phi) is 4.85. The molecule has 1 unspecified atom stereocenters. The van der Waals surface area contributed by atoms with Crippen LogP contribution in [0.5, 0.6) is 0 Å². The standard InChI is InChI=1S/C19H18N6O3S/c1-11-13(9-24(2)23-11)15-10-29-18(20-15)22-16(26)8-14-17(27)25(19(28)21-14)12-6-4-3-5-7-12/h3-7,9-10,14H,8H2,1-2H3,(H,21,28)(H,20,22,26). The lowest BCUT2D eigenvalue weighted by Gasteiger charge is -2.12. The molecular weight excluding hydrogens is 392 g/mol. The van der Waals surface area contributed by atoms with Gasteiger partial charge in [0.2, 0.25) is 5.91 Å². The van der Waals surface area contributed by atoms with Crippen molar-refractivity contribution in [1.82, 2.24) is 20.1 Å². The molecule has 4 rings (SSSR count). The minimum atomic E-state index is -0.914. The van der Waals surface area contributed by atoms with Crippen molar-refractivity contribution in [2.45, 2.75) is 19.4 Å². The monoisotopic (exact) mass is 410 g/mol. The molecule has 0 radical (unpaired) electrons. The van der Waals surface area contributed by atoms with Gasteiger partial charge >= 0.3 is 6.03 Å². The fourth-order valence-corrected chi connectivity index (χ4v) is 3.88. The van der Waals surface area contributed by atoms with E-state index in [0.717, 1.165) is 21.9 Å². The normalized spacial score (nSPS) is 16.2. The molecule has 4 amide bonds. The number of urea groups is 1. The van der Waals surface area contributed by atoms with Crippen molar-refractivity contribution in [3.63, 3.8) is 0 Å². The summed E-state index contributed by atoms with van der Waals surface area (Å²) in [5.41, 5.74) is 2.92. The highest BCUT2D eigenvalue weighted by molar-refractivity contribution is 7.14. The zero-order chi connectivity index (χ0) is 20.5. The topological polar surface area (TPSA) is 109 Å². The lowest BCUT2D eigenvalue weighted by molar-refractivity contribution is -0.122. The summed E-state index contributed by atoms with van der Waals surface area (Å²) in [5, 5.41) is 11.8. The molecule has 1 aliphatic rings. The maximum Gasteiger partial charge on any atom is 0.329 e. The van der Waals surface area contributed by atoms with Gasteiger partial charge in [-0.15, -0.1) is 11.3 Å². The molecule has 148 valence electrons. The molecule has 3 heterocycles. The van der Waals surface area contributed by atoms with E-state index in [2.05, 4.69) is 20.7 Å². The van der Waals surface area contributed by atoms with Crippen molar-refractivity contribution in [2.75, 3.05) is 10.2 Å². The van der Waals surface area contributed by atoms with Crippen LogP contribution in [0, 0.1) is 6.92 Å². The van der Waals surface area contributed by atoms with Crippen molar-refractivity contribution in [1.29, 1.82) is 0 Å². The first-order valence-electron chi connectivity index (χ1n) is 8.88. The smallest absolute Gasteiger partial charge is 0.325 e. The van der Waals surface area contributed by atoms with Gasteiger partial charge < -0.3 is 10.6 Å². The molecule has 3 aromatic rings. The third kappa shape index (κ3) is 3.74. The first-order chi connectivity index (χ1) is 13.9. The summed E-state index contributed by atoms with van der Waals surface area (Å²) < 4.78 is 1.70. The SMILES string of the molecule is Cc1nn(C)cc1-c1csc(NC(=O)CC2NC(=O)N(c3ccccc3)C2=O)n1. The number of benzene rings is 1. The Bertz CT molecular complexity index is 1090. The van der Waals surface area contributed by atoms with Crippen LogP contribution in [0.3, 0.4) is 0 Å². The minimum Gasteiger partial charge on any atom is -0.325 e. The van der Waals surface area contributed by atoms with Gasteiger partial charge in [0.25, 0.3) is 5.91 Å². The summed E-state index contributed by atoms with van der Waals surface area (Å²) in [6.07, 6.45) is 1.69. The molecule has 1 saturated heterocycles. The van der Waals surface area contributed by atoms with Crippen LogP contribution < -0.4 is 15.5 Å². The molecule has 0 saturated carbocycles. The Morgan fingerprint density at radius 2 is 2.03 bits per heavy atom. The molecule has 2 N–H and O–H groups in total. The van der Waals surface area contributed by atoms with Crippen molar-refractivity contribution >= 4 is 40.0 Å². The van der Waals surface area contributed by atoms with Crippen LogP contribution in [-0.2, 0) is 16.6 Å². The number of hydrogen-bond donors (Lipinski definition) is 2. The summed E-state index contributed by atoms with van der Waals surface area (Å²) in [7, 11) is 1.83. The van der Waals surface area contributed by atoms with Crippen molar-refractivity contribution < 1.29 is 14.4 Å². The third-order valence-electron chi connectivity index (χ3n) is 4.46. The number of hydrogen-bond acceptors (Lipinski definition) is 6. The van der Waals surface area contributed by atoms with Gasteiger partial charge in [-0.3, -0.25) is 14.3 Å². The van der Waals surface area contributed by atoms with E-state index in [9.17, 15) is 14.4 Å². The third-order valence-corrected chi connectivity index (χ3v) is 5.22. The number of rotatable bonds is 5. The van der Waals surface area contributed by atoms with E-state index < -0.39 is 23.9 Å². The fourth-order valence-electron chi connectivity index (χ4n) is 3.15. The lowest BCUT2D eigenvalue weighted by Crippen LogP contribution is -2.34. The zero-order valence-electron chi connectivity index (χ0n) is 15.7. The molecule has 0 aliphatic carbocycles. The molecule has 29 heavy (non-hydrogen) atoms. The Hall–Kier alpha value is -3.53. The number of carbonyl (C=O) groups excluding carboxylic acids is 3. The van der Waals surface area contributed by atoms with Gasteiger partial charge in [-0.25, -0.2) is 14.7 Å². The number of aryl methyl sites for hydroxylation is 2. The summed E-state index contributed by atoms with van der Waals surface area (Å²) >= 11 is 1.28. The largest absolute Gasteiger partial charge is 0.329 e. The second-order valence-corrected chi connectivity index (χ2v) is 7.46. The van der Waals surface area contributed by atoms with Crippen molar-refractivity contribution in [2.24, 2.45) is 7.05 Å². The van der Waals surface area contributed by atoms with E-state index in [1.54, 1.807) is 35.0 Å². The van der Waals surface area contributed by atoms with Gasteiger partial charge in [0.15, 0.2) is 5.13 Å². The summed E-state index contributed by atoms with van der Waals surface area (Å²) in [5.74, 6) is -0.857. The van der Waals surface area contributed by atoms with Gasteiger partial charge in [0, 0.05) is 24.2 Å².